The Morgan fingerprint density at radius 3 is 1.64 bits per heavy atom. The second-order valence-electron chi connectivity index (χ2n) is 7.93. The second-order valence-corrected chi connectivity index (χ2v) is 7.93. The number of hydrogen-bond donors (Lipinski definition) is 0. The zero-order valence-corrected chi connectivity index (χ0v) is 17.5. The van der Waals surface area contributed by atoms with Crippen molar-refractivity contribution in [1.29, 1.82) is 0 Å². The molecular formula is C23H45N2+. The molecule has 0 aromatic carbocycles. The van der Waals surface area contributed by atoms with Gasteiger partial charge in [0.2, 0.25) is 6.33 Å². The van der Waals surface area contributed by atoms with Crippen LogP contribution >= 0.6 is 0 Å². The summed E-state index contributed by atoms with van der Waals surface area (Å²) in [5, 5.41) is 0. The fourth-order valence-corrected chi connectivity index (χ4v) is 3.64. The number of aromatic nitrogens is 2. The first-order valence-corrected chi connectivity index (χ1v) is 11.3. The molecule has 1 aromatic rings. The lowest BCUT2D eigenvalue weighted by Gasteiger charge is -2.08. The minimum absolute atomic E-state index is 0.644. The summed E-state index contributed by atoms with van der Waals surface area (Å²) >= 11 is 0. The van der Waals surface area contributed by atoms with Crippen molar-refractivity contribution in [2.45, 2.75) is 130 Å². The van der Waals surface area contributed by atoms with Crippen LogP contribution in [-0.2, 0) is 6.54 Å². The first-order valence-electron chi connectivity index (χ1n) is 11.3. The number of rotatable bonds is 17. The van der Waals surface area contributed by atoms with Gasteiger partial charge in [0.05, 0.1) is 12.6 Å². The van der Waals surface area contributed by atoms with Gasteiger partial charge in [0, 0.05) is 0 Å². The second kappa shape index (κ2) is 15.5. The molecule has 0 amide bonds. The fourth-order valence-electron chi connectivity index (χ4n) is 3.64. The third-order valence-corrected chi connectivity index (χ3v) is 5.56. The molecule has 0 fully saturated rings. The lowest BCUT2D eigenvalue weighted by atomic mass is 10.0. The van der Waals surface area contributed by atoms with E-state index in [1.807, 2.05) is 0 Å². The van der Waals surface area contributed by atoms with Crippen molar-refractivity contribution < 1.29 is 4.57 Å². The van der Waals surface area contributed by atoms with Crippen LogP contribution in [0.4, 0.5) is 0 Å². The molecule has 2 nitrogen and oxygen atoms in total. The van der Waals surface area contributed by atoms with E-state index in [2.05, 4.69) is 48.6 Å². The van der Waals surface area contributed by atoms with Crippen LogP contribution in [0.1, 0.15) is 123 Å². The highest BCUT2D eigenvalue weighted by atomic mass is 15.1. The summed E-state index contributed by atoms with van der Waals surface area (Å²) in [5.41, 5.74) is 0. The zero-order valence-electron chi connectivity index (χ0n) is 17.5. The maximum Gasteiger partial charge on any atom is 0.243 e. The molecule has 0 radical (unpaired) electrons. The number of unbranched alkanes of at least 4 members (excludes halogenated alkanes) is 13. The van der Waals surface area contributed by atoms with Gasteiger partial charge < -0.3 is 0 Å². The topological polar surface area (TPSA) is 8.81 Å². The van der Waals surface area contributed by atoms with Crippen LogP contribution in [0.15, 0.2) is 18.7 Å². The third-order valence-electron chi connectivity index (χ3n) is 5.56. The molecule has 146 valence electrons. The average Bonchev–Trinajstić information content (AvgIpc) is 3.11. The maximum atomic E-state index is 2.37. The van der Waals surface area contributed by atoms with E-state index >= 15 is 0 Å². The Bertz CT molecular complexity index is 397. The van der Waals surface area contributed by atoms with Crippen LogP contribution < -0.4 is 4.57 Å². The monoisotopic (exact) mass is 349 g/mol. The van der Waals surface area contributed by atoms with Crippen LogP contribution in [-0.4, -0.2) is 4.57 Å². The van der Waals surface area contributed by atoms with Gasteiger partial charge in [0.25, 0.3) is 0 Å². The number of nitrogens with zero attached hydrogens (tertiary/aromatic N) is 2. The molecule has 0 bridgehead atoms. The van der Waals surface area contributed by atoms with E-state index in [0.717, 1.165) is 6.54 Å². The first kappa shape index (κ1) is 22.3. The molecule has 0 aliphatic rings. The Balaban J connectivity index is 1.82. The minimum atomic E-state index is 0.644. The smallest absolute Gasteiger partial charge is 0.237 e. The molecule has 1 rings (SSSR count). The highest BCUT2D eigenvalue weighted by molar-refractivity contribution is 4.66. The van der Waals surface area contributed by atoms with Crippen LogP contribution in [0.5, 0.6) is 0 Å². The molecule has 0 spiro atoms. The van der Waals surface area contributed by atoms with Crippen molar-refractivity contribution in [2.75, 3.05) is 0 Å². The van der Waals surface area contributed by atoms with Gasteiger partial charge in [-0.3, -0.25) is 0 Å². The zero-order chi connectivity index (χ0) is 18.2. The largest absolute Gasteiger partial charge is 0.243 e. The number of aryl methyl sites for hydroxylation is 1. The number of hydrogen-bond acceptors (Lipinski definition) is 0. The van der Waals surface area contributed by atoms with Gasteiger partial charge in [0.15, 0.2) is 0 Å². The van der Waals surface area contributed by atoms with Gasteiger partial charge in [-0.1, -0.05) is 90.4 Å². The SMILES string of the molecule is CCCCCCCCCCCCCCCCC(C)[n+]1ccn(CC)c1. The lowest BCUT2D eigenvalue weighted by Crippen LogP contribution is -2.35. The molecule has 0 N–H and O–H groups in total. The Hall–Kier alpha value is -0.790. The number of imidazole rings is 1. The normalized spacial score (nSPS) is 12.6. The van der Waals surface area contributed by atoms with Crippen LogP contribution in [0, 0.1) is 0 Å². The van der Waals surface area contributed by atoms with Crippen molar-refractivity contribution in [3.63, 3.8) is 0 Å². The van der Waals surface area contributed by atoms with Crippen molar-refractivity contribution in [3.05, 3.63) is 18.7 Å². The molecule has 1 heterocycles. The van der Waals surface area contributed by atoms with E-state index in [4.69, 9.17) is 0 Å². The quantitative estimate of drug-likeness (QED) is 0.207. The molecule has 0 saturated heterocycles. The summed E-state index contributed by atoms with van der Waals surface area (Å²) in [7, 11) is 0. The Morgan fingerprint density at radius 1 is 0.720 bits per heavy atom. The van der Waals surface area contributed by atoms with E-state index in [1.165, 1.54) is 96.3 Å². The predicted octanol–water partition coefficient (Wildman–Crippen LogP) is 7.23. The summed E-state index contributed by atoms with van der Waals surface area (Å²) in [6.45, 7) is 7.91. The third kappa shape index (κ3) is 11.4. The van der Waals surface area contributed by atoms with Crippen LogP contribution in [0.2, 0.25) is 0 Å². The summed E-state index contributed by atoms with van der Waals surface area (Å²) in [5.74, 6) is 0. The molecular weight excluding hydrogens is 304 g/mol. The minimum Gasteiger partial charge on any atom is -0.237 e. The van der Waals surface area contributed by atoms with Gasteiger partial charge in [-0.15, -0.1) is 0 Å². The van der Waals surface area contributed by atoms with Gasteiger partial charge in [-0.2, -0.15) is 0 Å². The highest BCUT2D eigenvalue weighted by Crippen LogP contribution is 2.14. The summed E-state index contributed by atoms with van der Waals surface area (Å²) in [6.07, 6.45) is 28.2. The fraction of sp³-hybridized carbons (Fsp3) is 0.870. The van der Waals surface area contributed by atoms with E-state index in [1.54, 1.807) is 0 Å². The first-order chi connectivity index (χ1) is 12.3. The molecule has 0 saturated carbocycles. The summed E-state index contributed by atoms with van der Waals surface area (Å²) in [4.78, 5) is 0. The van der Waals surface area contributed by atoms with E-state index < -0.39 is 0 Å². The van der Waals surface area contributed by atoms with E-state index in [-0.39, 0.29) is 0 Å². The van der Waals surface area contributed by atoms with E-state index in [0.29, 0.717) is 6.04 Å². The molecule has 1 atom stereocenters. The Morgan fingerprint density at radius 2 is 1.20 bits per heavy atom. The van der Waals surface area contributed by atoms with Crippen molar-refractivity contribution in [2.24, 2.45) is 0 Å². The van der Waals surface area contributed by atoms with Gasteiger partial charge in [0.1, 0.15) is 12.4 Å². The summed E-state index contributed by atoms with van der Waals surface area (Å²) < 4.78 is 4.62. The van der Waals surface area contributed by atoms with Gasteiger partial charge in [-0.05, 0) is 26.7 Å². The van der Waals surface area contributed by atoms with Crippen molar-refractivity contribution in [1.82, 2.24) is 4.57 Å². The van der Waals surface area contributed by atoms with Crippen LogP contribution in [0.25, 0.3) is 0 Å². The molecule has 1 aromatic heterocycles. The van der Waals surface area contributed by atoms with Gasteiger partial charge in [-0.25, -0.2) is 9.13 Å². The molecule has 0 aliphatic carbocycles. The summed E-state index contributed by atoms with van der Waals surface area (Å²) in [6, 6.07) is 0.644. The van der Waals surface area contributed by atoms with Crippen molar-refractivity contribution in [3.8, 4) is 0 Å². The molecule has 25 heavy (non-hydrogen) atoms. The lowest BCUT2D eigenvalue weighted by molar-refractivity contribution is -0.720. The maximum absolute atomic E-state index is 2.37. The van der Waals surface area contributed by atoms with Gasteiger partial charge >= 0.3 is 0 Å². The Kier molecular flexibility index (Phi) is 13.8. The average molecular weight is 350 g/mol. The standard InChI is InChI=1S/C23H45N2/c1-4-6-7-8-9-10-11-12-13-14-15-16-17-18-19-23(3)25-21-20-24(5-2)22-25/h20-23H,4-19H2,1-3H3/q+1. The Labute approximate surface area is 158 Å². The van der Waals surface area contributed by atoms with Crippen LogP contribution in [0.3, 0.4) is 0 Å². The van der Waals surface area contributed by atoms with Crippen molar-refractivity contribution >= 4 is 0 Å². The predicted molar refractivity (Wildman–Crippen MR) is 110 cm³/mol. The molecule has 2 heteroatoms. The molecule has 0 aliphatic heterocycles. The highest BCUT2D eigenvalue weighted by Gasteiger charge is 2.10. The molecule has 1 unspecified atom stereocenters. The van der Waals surface area contributed by atoms with E-state index in [9.17, 15) is 0 Å².